The quantitative estimate of drug-likeness (QED) is 0.136. The van der Waals surface area contributed by atoms with E-state index in [-0.39, 0.29) is 0 Å². The van der Waals surface area contributed by atoms with E-state index in [1.807, 2.05) is 13.8 Å². The third-order valence-corrected chi connectivity index (χ3v) is 7.51. The maximum Gasteiger partial charge on any atom is 0.122 e. The Morgan fingerprint density at radius 1 is 0.459 bits per heavy atom. The van der Waals surface area contributed by atoms with Gasteiger partial charge in [-0.15, -0.1) is 0 Å². The van der Waals surface area contributed by atoms with Gasteiger partial charge in [-0.05, 0) is 85.8 Å². The largest absolute Gasteiger partial charge is 0.507 e. The number of hydrogen-bond donors (Lipinski definition) is 4. The number of aromatic hydroxyl groups is 2. The highest BCUT2D eigenvalue weighted by Crippen LogP contribution is 2.32. The number of phenolic OH excluding ortho intramolecular Hbond substituents is 2. The van der Waals surface area contributed by atoms with Gasteiger partial charge in [-0.1, -0.05) is 88.5 Å². The van der Waals surface area contributed by atoms with Gasteiger partial charge in [0.05, 0.1) is 0 Å². The molecular weight excluding hydrogens is 460 g/mol. The number of aryl methyl sites for hydroxylation is 4. The molecule has 0 saturated heterocycles. The van der Waals surface area contributed by atoms with Crippen molar-refractivity contribution in [1.82, 2.24) is 0 Å². The van der Waals surface area contributed by atoms with Gasteiger partial charge in [0.15, 0.2) is 0 Å². The van der Waals surface area contributed by atoms with E-state index in [4.69, 9.17) is 10.2 Å². The summed E-state index contributed by atoms with van der Waals surface area (Å²) >= 11 is 0. The normalized spacial score (nSPS) is 11.4. The Morgan fingerprint density at radius 2 is 0.784 bits per heavy atom. The first-order valence-corrected chi connectivity index (χ1v) is 14.8. The van der Waals surface area contributed by atoms with Crippen molar-refractivity contribution >= 4 is 0 Å². The molecular formula is C33H52O4. The maximum atomic E-state index is 10.8. The monoisotopic (exact) mass is 512 g/mol. The molecule has 4 heteroatoms. The Labute approximate surface area is 225 Å². The van der Waals surface area contributed by atoms with Gasteiger partial charge in [0, 0.05) is 19.6 Å². The first-order valence-electron chi connectivity index (χ1n) is 14.8. The number of hydrogen-bond acceptors (Lipinski definition) is 4. The predicted molar refractivity (Wildman–Crippen MR) is 155 cm³/mol. The Hall–Kier alpha value is -2.04. The fraction of sp³-hybridized carbons (Fsp3) is 0.636. The lowest BCUT2D eigenvalue weighted by Gasteiger charge is -2.15. The van der Waals surface area contributed by atoms with Crippen molar-refractivity contribution < 1.29 is 20.4 Å². The minimum absolute atomic E-state index is 0.303. The van der Waals surface area contributed by atoms with Crippen molar-refractivity contribution in [2.45, 2.75) is 123 Å². The van der Waals surface area contributed by atoms with E-state index in [0.29, 0.717) is 31.1 Å². The highest BCUT2D eigenvalue weighted by atomic mass is 16.3. The second kappa shape index (κ2) is 18.3. The van der Waals surface area contributed by atoms with Crippen LogP contribution in [0.15, 0.2) is 24.3 Å². The van der Waals surface area contributed by atoms with Crippen LogP contribution in [0.3, 0.4) is 0 Å². The number of phenols is 2. The number of rotatable bonds is 20. The summed E-state index contributed by atoms with van der Waals surface area (Å²) in [7, 11) is 0. The van der Waals surface area contributed by atoms with E-state index < -0.39 is 0 Å². The van der Waals surface area contributed by atoms with Crippen LogP contribution in [-0.2, 0) is 19.3 Å². The van der Waals surface area contributed by atoms with E-state index in [2.05, 4.69) is 24.3 Å². The Morgan fingerprint density at radius 3 is 1.14 bits per heavy atom. The molecule has 0 radical (unpaired) electrons. The van der Waals surface area contributed by atoms with E-state index in [1.165, 1.54) is 62.5 Å². The molecule has 0 spiro atoms. The summed E-state index contributed by atoms with van der Waals surface area (Å²) in [5, 5.41) is 39.3. The van der Waals surface area contributed by atoms with Crippen LogP contribution in [0.2, 0.25) is 0 Å². The first-order chi connectivity index (χ1) is 18.0. The number of unbranched alkanes of at least 4 members (excludes halogenated alkanes) is 12. The summed E-state index contributed by atoms with van der Waals surface area (Å²) in [6, 6.07) is 8.46. The van der Waals surface area contributed by atoms with Crippen LogP contribution in [0.5, 0.6) is 11.5 Å². The summed E-state index contributed by atoms with van der Waals surface area (Å²) in [6.45, 7) is 4.54. The van der Waals surface area contributed by atoms with Gasteiger partial charge in [0.25, 0.3) is 0 Å². The van der Waals surface area contributed by atoms with Crippen LogP contribution in [-0.4, -0.2) is 33.6 Å². The zero-order valence-electron chi connectivity index (χ0n) is 23.5. The summed E-state index contributed by atoms with van der Waals surface area (Å²) in [6.07, 6.45) is 18.7. The molecule has 4 nitrogen and oxygen atoms in total. The molecule has 0 saturated carbocycles. The molecule has 0 unspecified atom stereocenters. The molecule has 0 atom stereocenters. The maximum absolute atomic E-state index is 10.8. The second-order valence-electron chi connectivity index (χ2n) is 10.9. The number of aliphatic hydroxyl groups excluding tert-OH is 2. The van der Waals surface area contributed by atoms with E-state index in [0.717, 1.165) is 73.6 Å². The summed E-state index contributed by atoms with van der Waals surface area (Å²) < 4.78 is 0. The molecule has 4 N–H and O–H groups in total. The van der Waals surface area contributed by atoms with E-state index >= 15 is 0 Å². The third kappa shape index (κ3) is 11.9. The Kier molecular flexibility index (Phi) is 15.4. The SMILES string of the molecule is Cc1cc(CCCCCCCCCO)cc(Cc2cc(CCCCCCCCCO)cc(C)c2O)c1O. The van der Waals surface area contributed by atoms with Gasteiger partial charge in [0.1, 0.15) is 11.5 Å². The molecule has 0 aliphatic carbocycles. The van der Waals surface area contributed by atoms with E-state index in [1.54, 1.807) is 0 Å². The zero-order chi connectivity index (χ0) is 26.9. The minimum atomic E-state index is 0.303. The lowest BCUT2D eigenvalue weighted by atomic mass is 9.93. The van der Waals surface area contributed by atoms with Crippen molar-refractivity contribution in [3.8, 4) is 11.5 Å². The highest BCUT2D eigenvalue weighted by Gasteiger charge is 2.13. The van der Waals surface area contributed by atoms with Crippen LogP contribution in [0.4, 0.5) is 0 Å². The van der Waals surface area contributed by atoms with Crippen molar-refractivity contribution in [2.75, 3.05) is 13.2 Å². The average molecular weight is 513 g/mol. The molecule has 2 rings (SSSR count). The van der Waals surface area contributed by atoms with Crippen molar-refractivity contribution in [3.63, 3.8) is 0 Å². The topological polar surface area (TPSA) is 80.9 Å². The standard InChI is InChI=1S/C33H52O4/c1-26-21-28(17-13-9-5-3-7-11-15-19-34)23-30(32(26)36)25-31-24-29(22-27(2)33(31)37)18-14-10-6-4-8-12-16-20-35/h21-24,34-37H,3-20,25H2,1-2H3. The highest BCUT2D eigenvalue weighted by molar-refractivity contribution is 5.50. The molecule has 0 bridgehead atoms. The van der Waals surface area contributed by atoms with Crippen LogP contribution >= 0.6 is 0 Å². The lowest BCUT2D eigenvalue weighted by Crippen LogP contribution is -1.98. The molecule has 2 aromatic carbocycles. The van der Waals surface area contributed by atoms with Crippen molar-refractivity contribution in [1.29, 1.82) is 0 Å². The van der Waals surface area contributed by atoms with Gasteiger partial charge < -0.3 is 20.4 Å². The molecule has 0 aliphatic rings. The van der Waals surface area contributed by atoms with Gasteiger partial charge in [0.2, 0.25) is 0 Å². The predicted octanol–water partition coefficient (Wildman–Crippen LogP) is 7.84. The molecule has 0 amide bonds. The Bertz CT molecular complexity index is 832. The molecule has 0 aromatic heterocycles. The van der Waals surface area contributed by atoms with E-state index in [9.17, 15) is 10.2 Å². The number of aliphatic hydroxyl groups is 2. The van der Waals surface area contributed by atoms with Crippen LogP contribution in [0.1, 0.15) is 123 Å². The summed E-state index contributed by atoms with van der Waals surface area (Å²) in [5.74, 6) is 0.688. The molecule has 0 fully saturated rings. The zero-order valence-corrected chi connectivity index (χ0v) is 23.5. The third-order valence-electron chi connectivity index (χ3n) is 7.51. The minimum Gasteiger partial charge on any atom is -0.507 e. The Balaban J connectivity index is 1.91. The van der Waals surface area contributed by atoms with Crippen LogP contribution < -0.4 is 0 Å². The molecule has 0 heterocycles. The molecule has 0 aliphatic heterocycles. The summed E-state index contributed by atoms with van der Waals surface area (Å²) in [4.78, 5) is 0. The van der Waals surface area contributed by atoms with Crippen molar-refractivity contribution in [2.24, 2.45) is 0 Å². The number of benzene rings is 2. The van der Waals surface area contributed by atoms with Crippen LogP contribution in [0.25, 0.3) is 0 Å². The first kappa shape index (κ1) is 31.2. The van der Waals surface area contributed by atoms with Crippen molar-refractivity contribution in [3.05, 3.63) is 57.6 Å². The second-order valence-corrected chi connectivity index (χ2v) is 10.9. The van der Waals surface area contributed by atoms with Gasteiger partial charge in [-0.2, -0.15) is 0 Å². The fourth-order valence-corrected chi connectivity index (χ4v) is 5.28. The van der Waals surface area contributed by atoms with Crippen LogP contribution in [0, 0.1) is 13.8 Å². The van der Waals surface area contributed by atoms with Gasteiger partial charge >= 0.3 is 0 Å². The van der Waals surface area contributed by atoms with Gasteiger partial charge in [-0.25, -0.2) is 0 Å². The molecule has 37 heavy (non-hydrogen) atoms. The molecule has 2 aromatic rings. The average Bonchev–Trinajstić information content (AvgIpc) is 2.88. The fourth-order valence-electron chi connectivity index (χ4n) is 5.28. The lowest BCUT2D eigenvalue weighted by molar-refractivity contribution is 0.282. The van der Waals surface area contributed by atoms with Gasteiger partial charge in [-0.3, -0.25) is 0 Å². The molecule has 208 valence electrons. The summed E-state index contributed by atoms with van der Waals surface area (Å²) in [5.41, 5.74) is 6.13. The smallest absolute Gasteiger partial charge is 0.122 e.